The second-order valence-electron chi connectivity index (χ2n) is 4.23. The molecule has 0 unspecified atom stereocenters. The van der Waals surface area contributed by atoms with Gasteiger partial charge in [-0.2, -0.15) is 0 Å². The third-order valence-electron chi connectivity index (χ3n) is 2.87. The van der Waals surface area contributed by atoms with Crippen molar-refractivity contribution in [3.8, 4) is 11.5 Å². The average Bonchev–Trinajstić information content (AvgIpc) is 2.47. The van der Waals surface area contributed by atoms with Gasteiger partial charge in [-0.3, -0.25) is 0 Å². The van der Waals surface area contributed by atoms with Gasteiger partial charge in [0.1, 0.15) is 12.4 Å². The highest BCUT2D eigenvalue weighted by atomic mass is 35.5. The number of hydrogen-bond acceptors (Lipinski definition) is 2. The van der Waals surface area contributed by atoms with Crippen molar-refractivity contribution in [2.75, 3.05) is 7.11 Å². The van der Waals surface area contributed by atoms with Crippen molar-refractivity contribution in [2.24, 2.45) is 0 Å². The van der Waals surface area contributed by atoms with Crippen LogP contribution >= 0.6 is 34.8 Å². The summed E-state index contributed by atoms with van der Waals surface area (Å²) in [5.41, 5.74) is 1.06. The maximum atomic E-state index is 13.7. The van der Waals surface area contributed by atoms with Crippen LogP contribution < -0.4 is 9.47 Å². The van der Waals surface area contributed by atoms with Crippen molar-refractivity contribution >= 4 is 34.8 Å². The van der Waals surface area contributed by atoms with E-state index in [9.17, 15) is 4.39 Å². The van der Waals surface area contributed by atoms with E-state index in [0.717, 1.165) is 5.56 Å². The standard InChI is InChI=1S/C15H12Cl3FO2/c1-20-14-6-9(7-16)5-12(18)15(14)21-8-10-11(17)3-2-4-13(10)19/h2-6H,7-8H2,1H3. The molecule has 0 atom stereocenters. The molecule has 0 saturated heterocycles. The van der Waals surface area contributed by atoms with Gasteiger partial charge in [0.25, 0.3) is 0 Å². The minimum absolute atomic E-state index is 0.0538. The Hall–Kier alpha value is -1.16. The fraction of sp³-hybridized carbons (Fsp3) is 0.200. The molecular weight excluding hydrogens is 338 g/mol. The Morgan fingerprint density at radius 3 is 2.52 bits per heavy atom. The summed E-state index contributed by atoms with van der Waals surface area (Å²) < 4.78 is 24.5. The molecule has 0 bridgehead atoms. The molecule has 0 radical (unpaired) electrons. The molecule has 0 saturated carbocycles. The van der Waals surface area contributed by atoms with Crippen molar-refractivity contribution in [3.63, 3.8) is 0 Å². The van der Waals surface area contributed by atoms with Gasteiger partial charge in [0.05, 0.1) is 17.2 Å². The summed E-state index contributed by atoms with van der Waals surface area (Å²) in [6.45, 7) is -0.0538. The van der Waals surface area contributed by atoms with E-state index >= 15 is 0 Å². The Morgan fingerprint density at radius 1 is 1.14 bits per heavy atom. The van der Waals surface area contributed by atoms with Gasteiger partial charge in [-0.25, -0.2) is 4.39 Å². The molecule has 2 rings (SSSR count). The van der Waals surface area contributed by atoms with Crippen LogP contribution in [0.2, 0.25) is 10.0 Å². The third-order valence-corrected chi connectivity index (χ3v) is 3.81. The van der Waals surface area contributed by atoms with Crippen molar-refractivity contribution < 1.29 is 13.9 Å². The van der Waals surface area contributed by atoms with Crippen LogP contribution in [0.4, 0.5) is 4.39 Å². The Kier molecular flexibility index (Phi) is 5.57. The summed E-state index contributed by atoms with van der Waals surface area (Å²) in [6.07, 6.45) is 0. The highest BCUT2D eigenvalue weighted by molar-refractivity contribution is 6.32. The van der Waals surface area contributed by atoms with E-state index in [-0.39, 0.29) is 12.2 Å². The van der Waals surface area contributed by atoms with Gasteiger partial charge in [-0.15, -0.1) is 11.6 Å². The second kappa shape index (κ2) is 7.21. The third kappa shape index (κ3) is 3.73. The minimum Gasteiger partial charge on any atom is -0.493 e. The molecule has 21 heavy (non-hydrogen) atoms. The molecule has 6 heteroatoms. The fourth-order valence-corrected chi connectivity index (χ4v) is 2.46. The Labute approximate surface area is 137 Å². The van der Waals surface area contributed by atoms with Crippen molar-refractivity contribution in [3.05, 3.63) is 57.3 Å². The van der Waals surface area contributed by atoms with E-state index in [1.54, 1.807) is 18.2 Å². The van der Waals surface area contributed by atoms with Gasteiger partial charge < -0.3 is 9.47 Å². The molecular formula is C15H12Cl3FO2. The van der Waals surface area contributed by atoms with E-state index in [1.807, 2.05) is 0 Å². The van der Waals surface area contributed by atoms with Crippen molar-refractivity contribution in [1.82, 2.24) is 0 Å². The van der Waals surface area contributed by atoms with Crippen molar-refractivity contribution in [2.45, 2.75) is 12.5 Å². The van der Waals surface area contributed by atoms with Crippen LogP contribution in [0.3, 0.4) is 0 Å². The van der Waals surface area contributed by atoms with Crippen molar-refractivity contribution in [1.29, 1.82) is 0 Å². The van der Waals surface area contributed by atoms with Crippen LogP contribution in [0.15, 0.2) is 30.3 Å². The number of methoxy groups -OCH3 is 1. The van der Waals surface area contributed by atoms with Gasteiger partial charge in [0.2, 0.25) is 0 Å². The lowest BCUT2D eigenvalue weighted by molar-refractivity contribution is 0.280. The summed E-state index contributed by atoms with van der Waals surface area (Å²) in [5, 5.41) is 0.639. The molecule has 2 aromatic carbocycles. The molecule has 0 amide bonds. The van der Waals surface area contributed by atoms with Gasteiger partial charge in [0.15, 0.2) is 11.5 Å². The van der Waals surface area contributed by atoms with Crippen LogP contribution in [0.25, 0.3) is 0 Å². The number of ether oxygens (including phenoxy) is 2. The number of rotatable bonds is 5. The van der Waals surface area contributed by atoms with Crippen LogP contribution in [-0.2, 0) is 12.5 Å². The lowest BCUT2D eigenvalue weighted by Crippen LogP contribution is -2.02. The van der Waals surface area contributed by atoms with E-state index in [0.29, 0.717) is 27.4 Å². The Bertz CT molecular complexity index is 627. The molecule has 0 aromatic heterocycles. The first-order valence-electron chi connectivity index (χ1n) is 6.05. The summed E-state index contributed by atoms with van der Waals surface area (Å²) in [4.78, 5) is 0. The quantitative estimate of drug-likeness (QED) is 0.667. The largest absolute Gasteiger partial charge is 0.493 e. The summed E-state index contributed by atoms with van der Waals surface area (Å²) in [6, 6.07) is 7.84. The van der Waals surface area contributed by atoms with Gasteiger partial charge in [-0.05, 0) is 29.8 Å². The molecule has 112 valence electrons. The van der Waals surface area contributed by atoms with E-state index in [2.05, 4.69) is 0 Å². The highest BCUT2D eigenvalue weighted by Gasteiger charge is 2.14. The molecule has 0 aliphatic carbocycles. The van der Waals surface area contributed by atoms with E-state index < -0.39 is 5.82 Å². The van der Waals surface area contributed by atoms with Crippen LogP contribution in [0, 0.1) is 5.82 Å². The zero-order chi connectivity index (χ0) is 15.4. The van der Waals surface area contributed by atoms with E-state index in [4.69, 9.17) is 44.3 Å². The van der Waals surface area contributed by atoms with Crippen LogP contribution in [0.5, 0.6) is 11.5 Å². The predicted octanol–water partition coefficient (Wildman–Crippen LogP) is 5.46. The zero-order valence-corrected chi connectivity index (χ0v) is 13.4. The van der Waals surface area contributed by atoms with Gasteiger partial charge >= 0.3 is 0 Å². The molecule has 0 aliphatic heterocycles. The summed E-state index contributed by atoms with van der Waals surface area (Å²) in [7, 11) is 1.49. The number of alkyl halides is 1. The molecule has 0 heterocycles. The first kappa shape index (κ1) is 16.2. The smallest absolute Gasteiger partial charge is 0.180 e. The normalized spacial score (nSPS) is 10.5. The monoisotopic (exact) mass is 348 g/mol. The lowest BCUT2D eigenvalue weighted by Gasteiger charge is -2.14. The number of hydrogen-bond donors (Lipinski definition) is 0. The Balaban J connectivity index is 2.28. The summed E-state index contributed by atoms with van der Waals surface area (Å²) in [5.74, 6) is 0.628. The zero-order valence-electron chi connectivity index (χ0n) is 11.1. The Morgan fingerprint density at radius 2 is 1.90 bits per heavy atom. The number of benzene rings is 2. The molecule has 0 N–H and O–H groups in total. The fourth-order valence-electron chi connectivity index (χ4n) is 1.81. The lowest BCUT2D eigenvalue weighted by atomic mass is 10.2. The molecule has 0 fully saturated rings. The van der Waals surface area contributed by atoms with E-state index in [1.165, 1.54) is 19.2 Å². The molecule has 2 aromatic rings. The topological polar surface area (TPSA) is 18.5 Å². The molecule has 2 nitrogen and oxygen atoms in total. The maximum absolute atomic E-state index is 13.7. The first-order chi connectivity index (χ1) is 10.1. The number of halogens is 4. The minimum atomic E-state index is -0.435. The first-order valence-corrected chi connectivity index (χ1v) is 7.34. The molecule has 0 spiro atoms. The van der Waals surface area contributed by atoms with Crippen LogP contribution in [0.1, 0.15) is 11.1 Å². The highest BCUT2D eigenvalue weighted by Crippen LogP contribution is 2.37. The maximum Gasteiger partial charge on any atom is 0.180 e. The SMILES string of the molecule is COc1cc(CCl)cc(Cl)c1OCc1c(F)cccc1Cl. The second-order valence-corrected chi connectivity index (χ2v) is 5.31. The average molecular weight is 350 g/mol. The molecule has 0 aliphatic rings. The predicted molar refractivity (Wildman–Crippen MR) is 83.3 cm³/mol. The van der Waals surface area contributed by atoms with Crippen LogP contribution in [-0.4, -0.2) is 7.11 Å². The summed E-state index contributed by atoms with van der Waals surface area (Å²) >= 11 is 17.9. The van der Waals surface area contributed by atoms with Gasteiger partial charge in [-0.1, -0.05) is 29.3 Å². The van der Waals surface area contributed by atoms with Gasteiger partial charge in [0, 0.05) is 11.4 Å².